The Labute approximate surface area is 152 Å². The molecule has 0 atom stereocenters. The molecule has 1 aromatic heterocycles. The molecule has 25 heavy (non-hydrogen) atoms. The number of hydrogen-bond acceptors (Lipinski definition) is 6. The molecular formula is C16H19ClN4O3S. The van der Waals surface area contributed by atoms with Crippen LogP contribution in [0.25, 0.3) is 0 Å². The summed E-state index contributed by atoms with van der Waals surface area (Å²) in [6.07, 6.45) is 1.64. The Balaban J connectivity index is 1.61. The molecule has 3 rings (SSSR count). The highest BCUT2D eigenvalue weighted by atomic mass is 35.5. The van der Waals surface area contributed by atoms with Crippen molar-refractivity contribution in [2.24, 2.45) is 0 Å². The average Bonchev–Trinajstić information content (AvgIpc) is 2.63. The van der Waals surface area contributed by atoms with E-state index >= 15 is 0 Å². The number of aromatic nitrogens is 2. The summed E-state index contributed by atoms with van der Waals surface area (Å²) in [5.41, 5.74) is 0.667. The molecule has 1 aliphatic heterocycles. The van der Waals surface area contributed by atoms with Crippen molar-refractivity contribution in [3.8, 4) is 0 Å². The van der Waals surface area contributed by atoms with Crippen molar-refractivity contribution in [2.75, 3.05) is 31.2 Å². The Morgan fingerprint density at radius 3 is 2.60 bits per heavy atom. The lowest BCUT2D eigenvalue weighted by Crippen LogP contribution is -2.37. The monoisotopic (exact) mass is 382 g/mol. The zero-order chi connectivity index (χ0) is 17.7. The number of sulfonamides is 1. The Bertz CT molecular complexity index is 808. The molecule has 1 saturated heterocycles. The number of nitrogens with zero attached hydrogens (tertiary/aromatic N) is 3. The number of halogens is 1. The predicted octanol–water partition coefficient (Wildman–Crippen LogP) is 1.59. The predicted molar refractivity (Wildman–Crippen MR) is 96.0 cm³/mol. The highest BCUT2D eigenvalue weighted by molar-refractivity contribution is 7.88. The molecule has 0 radical (unpaired) electrons. The molecule has 9 heteroatoms. The SMILES string of the molecule is O=S(=O)(Cc1ccc(Cl)cc1)NCc1nccc(N2CCOCC2)n1. The summed E-state index contributed by atoms with van der Waals surface area (Å²) >= 11 is 5.81. The van der Waals surface area contributed by atoms with E-state index in [-0.39, 0.29) is 12.3 Å². The van der Waals surface area contributed by atoms with Gasteiger partial charge in [0.1, 0.15) is 11.6 Å². The van der Waals surface area contributed by atoms with Crippen LogP contribution in [0.2, 0.25) is 5.02 Å². The second-order valence-electron chi connectivity index (χ2n) is 5.64. The van der Waals surface area contributed by atoms with Gasteiger partial charge in [-0.2, -0.15) is 0 Å². The first-order valence-corrected chi connectivity index (χ1v) is 9.91. The molecule has 0 amide bonds. The third kappa shape index (κ3) is 5.37. The van der Waals surface area contributed by atoms with Gasteiger partial charge in [0.2, 0.25) is 10.0 Å². The van der Waals surface area contributed by atoms with Crippen LogP contribution in [0.1, 0.15) is 11.4 Å². The maximum absolute atomic E-state index is 12.2. The van der Waals surface area contributed by atoms with Crippen molar-refractivity contribution in [3.63, 3.8) is 0 Å². The van der Waals surface area contributed by atoms with E-state index in [9.17, 15) is 8.42 Å². The number of nitrogens with one attached hydrogen (secondary N) is 1. The topological polar surface area (TPSA) is 84.4 Å². The molecule has 0 spiro atoms. The molecule has 1 aromatic carbocycles. The average molecular weight is 383 g/mol. The van der Waals surface area contributed by atoms with E-state index in [1.807, 2.05) is 6.07 Å². The molecule has 1 N–H and O–H groups in total. The summed E-state index contributed by atoms with van der Waals surface area (Å²) < 4.78 is 32.3. The smallest absolute Gasteiger partial charge is 0.216 e. The maximum atomic E-state index is 12.2. The van der Waals surface area contributed by atoms with Gasteiger partial charge in [0.25, 0.3) is 0 Å². The van der Waals surface area contributed by atoms with Crippen molar-refractivity contribution in [1.29, 1.82) is 0 Å². The lowest BCUT2D eigenvalue weighted by molar-refractivity contribution is 0.122. The fraction of sp³-hybridized carbons (Fsp3) is 0.375. The van der Waals surface area contributed by atoms with Crippen LogP contribution in [-0.2, 0) is 27.1 Å². The Morgan fingerprint density at radius 1 is 1.16 bits per heavy atom. The van der Waals surface area contributed by atoms with Crippen LogP contribution in [0.3, 0.4) is 0 Å². The lowest BCUT2D eigenvalue weighted by atomic mass is 10.2. The van der Waals surface area contributed by atoms with Crippen LogP contribution in [0.4, 0.5) is 5.82 Å². The molecule has 134 valence electrons. The van der Waals surface area contributed by atoms with E-state index in [0.29, 0.717) is 29.6 Å². The van der Waals surface area contributed by atoms with Crippen molar-refractivity contribution in [2.45, 2.75) is 12.3 Å². The summed E-state index contributed by atoms with van der Waals surface area (Å²) in [5.74, 6) is 1.10. The third-order valence-electron chi connectivity index (χ3n) is 3.75. The van der Waals surface area contributed by atoms with Crippen LogP contribution >= 0.6 is 11.6 Å². The van der Waals surface area contributed by atoms with Crippen LogP contribution < -0.4 is 9.62 Å². The zero-order valence-corrected chi connectivity index (χ0v) is 15.1. The van der Waals surface area contributed by atoms with E-state index in [0.717, 1.165) is 18.9 Å². The van der Waals surface area contributed by atoms with Gasteiger partial charge in [0.15, 0.2) is 0 Å². The van der Waals surface area contributed by atoms with Crippen LogP contribution in [0, 0.1) is 0 Å². The van der Waals surface area contributed by atoms with E-state index < -0.39 is 10.0 Å². The van der Waals surface area contributed by atoms with Crippen LogP contribution in [0.15, 0.2) is 36.5 Å². The normalized spacial score (nSPS) is 15.3. The molecule has 1 aliphatic rings. The van der Waals surface area contributed by atoms with Crippen LogP contribution in [-0.4, -0.2) is 44.7 Å². The van der Waals surface area contributed by atoms with Gasteiger partial charge in [-0.05, 0) is 23.8 Å². The Kier molecular flexibility index (Phi) is 5.85. The second kappa shape index (κ2) is 8.09. The highest BCUT2D eigenvalue weighted by Crippen LogP contribution is 2.13. The molecule has 2 heterocycles. The first kappa shape index (κ1) is 18.1. The van der Waals surface area contributed by atoms with Crippen molar-refractivity contribution < 1.29 is 13.2 Å². The highest BCUT2D eigenvalue weighted by Gasteiger charge is 2.15. The molecule has 0 bridgehead atoms. The number of ether oxygens (including phenoxy) is 1. The first-order valence-electron chi connectivity index (χ1n) is 7.88. The summed E-state index contributed by atoms with van der Waals surface area (Å²) in [6, 6.07) is 8.54. The molecular weight excluding hydrogens is 364 g/mol. The largest absolute Gasteiger partial charge is 0.378 e. The van der Waals surface area contributed by atoms with E-state index in [2.05, 4.69) is 19.6 Å². The summed E-state index contributed by atoms with van der Waals surface area (Å²) in [6.45, 7) is 2.89. The minimum atomic E-state index is -3.49. The standard InChI is InChI=1S/C16H19ClN4O3S/c17-14-3-1-13(2-4-14)12-25(22,23)19-11-15-18-6-5-16(20-15)21-7-9-24-10-8-21/h1-6,19H,7-12H2. The molecule has 0 saturated carbocycles. The van der Waals surface area contributed by atoms with Gasteiger partial charge >= 0.3 is 0 Å². The number of anilines is 1. The fourth-order valence-corrected chi connectivity index (χ4v) is 3.68. The summed E-state index contributed by atoms with van der Waals surface area (Å²) in [7, 11) is -3.49. The number of morpholine rings is 1. The fourth-order valence-electron chi connectivity index (χ4n) is 2.47. The van der Waals surface area contributed by atoms with E-state index in [4.69, 9.17) is 16.3 Å². The van der Waals surface area contributed by atoms with E-state index in [1.165, 1.54) is 0 Å². The molecule has 1 fully saturated rings. The summed E-state index contributed by atoms with van der Waals surface area (Å²) in [5, 5.41) is 0.572. The van der Waals surface area contributed by atoms with Crippen molar-refractivity contribution >= 4 is 27.4 Å². The van der Waals surface area contributed by atoms with Gasteiger partial charge < -0.3 is 9.64 Å². The minimum absolute atomic E-state index is 0.0497. The van der Waals surface area contributed by atoms with Gasteiger partial charge in [-0.1, -0.05) is 23.7 Å². The van der Waals surface area contributed by atoms with Gasteiger partial charge in [0.05, 0.1) is 25.5 Å². The van der Waals surface area contributed by atoms with Crippen molar-refractivity contribution in [3.05, 3.63) is 52.9 Å². The van der Waals surface area contributed by atoms with Crippen molar-refractivity contribution in [1.82, 2.24) is 14.7 Å². The van der Waals surface area contributed by atoms with Crippen LogP contribution in [0.5, 0.6) is 0 Å². The van der Waals surface area contributed by atoms with Gasteiger partial charge in [-0.25, -0.2) is 23.1 Å². The maximum Gasteiger partial charge on any atom is 0.216 e. The molecule has 2 aromatic rings. The number of hydrogen-bond donors (Lipinski definition) is 1. The third-order valence-corrected chi connectivity index (χ3v) is 5.30. The van der Waals surface area contributed by atoms with Gasteiger partial charge in [-0.15, -0.1) is 0 Å². The quantitative estimate of drug-likeness (QED) is 0.816. The zero-order valence-electron chi connectivity index (χ0n) is 13.6. The van der Waals surface area contributed by atoms with Gasteiger partial charge in [-0.3, -0.25) is 0 Å². The summed E-state index contributed by atoms with van der Waals surface area (Å²) in [4.78, 5) is 10.7. The Morgan fingerprint density at radius 2 is 1.88 bits per heavy atom. The van der Waals surface area contributed by atoms with E-state index in [1.54, 1.807) is 30.5 Å². The molecule has 0 unspecified atom stereocenters. The second-order valence-corrected chi connectivity index (χ2v) is 7.88. The minimum Gasteiger partial charge on any atom is -0.378 e. The lowest BCUT2D eigenvalue weighted by Gasteiger charge is -2.27. The molecule has 7 nitrogen and oxygen atoms in total. The van der Waals surface area contributed by atoms with Gasteiger partial charge in [0, 0.05) is 24.3 Å². The molecule has 0 aliphatic carbocycles. The Hall–Kier alpha value is -1.74. The number of rotatable bonds is 6. The number of benzene rings is 1. The first-order chi connectivity index (χ1) is 12.0.